The van der Waals surface area contributed by atoms with Crippen LogP contribution in [0.2, 0.25) is 0 Å². The fourth-order valence-electron chi connectivity index (χ4n) is 2.96. The predicted octanol–water partition coefficient (Wildman–Crippen LogP) is 1.26. The zero-order chi connectivity index (χ0) is 11.3. The molecule has 0 unspecified atom stereocenters. The lowest BCUT2D eigenvalue weighted by atomic mass is 9.90. The minimum Gasteiger partial charge on any atom is -0.385 e. The van der Waals surface area contributed by atoms with E-state index in [0.717, 1.165) is 0 Å². The second-order valence-electron chi connectivity index (χ2n) is 4.58. The molecule has 2 aliphatic rings. The number of hydrogen-bond donors (Lipinski definition) is 1. The highest BCUT2D eigenvalue weighted by atomic mass is 32.2. The molecule has 0 spiro atoms. The third-order valence-corrected chi connectivity index (χ3v) is 5.50. The molecule has 4 atom stereocenters. The van der Waals surface area contributed by atoms with Crippen molar-refractivity contribution in [3.05, 3.63) is 23.6 Å². The topological polar surface area (TPSA) is 54.4 Å². The summed E-state index contributed by atoms with van der Waals surface area (Å²) in [4.78, 5) is 0. The van der Waals surface area contributed by atoms with Crippen molar-refractivity contribution in [3.8, 4) is 0 Å². The lowest BCUT2D eigenvalue weighted by molar-refractivity contribution is 0.0681. The fourth-order valence-corrected chi connectivity index (χ4v) is 5.01. The second kappa shape index (κ2) is 3.19. The van der Waals surface area contributed by atoms with Gasteiger partial charge in [-0.15, -0.1) is 0 Å². The molecule has 0 bridgehead atoms. The van der Waals surface area contributed by atoms with E-state index >= 15 is 0 Å². The van der Waals surface area contributed by atoms with Crippen molar-refractivity contribution in [1.82, 2.24) is 0 Å². The molecule has 3 nitrogen and oxygen atoms in total. The monoisotopic (exact) mass is 228 g/mol. The van der Waals surface area contributed by atoms with Crippen molar-refractivity contribution < 1.29 is 13.5 Å². The molecule has 1 heterocycles. The molecule has 0 amide bonds. The fraction of sp³-hybridized carbons (Fsp3) is 0.636. The van der Waals surface area contributed by atoms with Gasteiger partial charge in [0, 0.05) is 11.3 Å². The Morgan fingerprint density at radius 2 is 2.20 bits per heavy atom. The zero-order valence-electron chi connectivity index (χ0n) is 8.92. The Bertz CT molecular complexity index is 421. The third-order valence-electron chi connectivity index (χ3n) is 3.45. The number of aliphatic hydroxyl groups is 1. The van der Waals surface area contributed by atoms with Crippen LogP contribution in [0, 0.1) is 11.8 Å². The molecule has 1 N–H and O–H groups in total. The number of sulfone groups is 1. The first kappa shape index (κ1) is 10.9. The summed E-state index contributed by atoms with van der Waals surface area (Å²) in [6.45, 7) is 3.73. The Kier molecular flexibility index (Phi) is 2.32. The van der Waals surface area contributed by atoms with Gasteiger partial charge < -0.3 is 5.11 Å². The van der Waals surface area contributed by atoms with E-state index in [1.807, 2.05) is 13.8 Å². The molecule has 0 aromatic carbocycles. The molecule has 15 heavy (non-hydrogen) atoms. The Hall–Kier alpha value is -0.610. The van der Waals surface area contributed by atoms with Crippen LogP contribution < -0.4 is 0 Å². The lowest BCUT2D eigenvalue weighted by Gasteiger charge is -2.23. The summed E-state index contributed by atoms with van der Waals surface area (Å²) < 4.78 is 23.4. The van der Waals surface area contributed by atoms with E-state index in [1.54, 1.807) is 18.2 Å². The predicted molar refractivity (Wildman–Crippen MR) is 58.9 cm³/mol. The molecule has 0 saturated heterocycles. The van der Waals surface area contributed by atoms with Gasteiger partial charge in [-0.25, -0.2) is 8.42 Å². The highest BCUT2D eigenvalue weighted by Crippen LogP contribution is 2.48. The maximum Gasteiger partial charge on any atom is 0.175 e. The van der Waals surface area contributed by atoms with Gasteiger partial charge in [-0.3, -0.25) is 0 Å². The average molecular weight is 228 g/mol. The van der Waals surface area contributed by atoms with Gasteiger partial charge in [-0.05, 0) is 19.3 Å². The van der Waals surface area contributed by atoms with Crippen molar-refractivity contribution in [2.24, 2.45) is 11.8 Å². The van der Waals surface area contributed by atoms with E-state index < -0.39 is 20.7 Å². The summed E-state index contributed by atoms with van der Waals surface area (Å²) in [5, 5.41) is 11.2. The quantitative estimate of drug-likeness (QED) is 0.687. The van der Waals surface area contributed by atoms with Crippen molar-refractivity contribution in [2.75, 3.05) is 0 Å². The van der Waals surface area contributed by atoms with Gasteiger partial charge in [-0.1, -0.05) is 25.2 Å². The average Bonchev–Trinajstić information content (AvgIpc) is 2.53. The highest BCUT2D eigenvalue weighted by molar-refractivity contribution is 7.95. The molecular weight excluding hydrogens is 212 g/mol. The standard InChI is InChI=1S/C11H16O3S/c1-3-5-11(12)7-8(2)10-9(11)4-6-15(10,13)14/h3-6,8-10,12H,7H2,1-2H3/b5-3+/t8-,9+,10+,11-/m1/s1. The van der Waals surface area contributed by atoms with Gasteiger partial charge in [0.1, 0.15) is 0 Å². The maximum absolute atomic E-state index is 11.7. The number of allylic oxidation sites excluding steroid dienone is 1. The molecule has 4 heteroatoms. The molecule has 0 radical (unpaired) electrons. The van der Waals surface area contributed by atoms with E-state index in [2.05, 4.69) is 0 Å². The summed E-state index contributed by atoms with van der Waals surface area (Å²) in [6.07, 6.45) is 5.67. The first-order valence-corrected chi connectivity index (χ1v) is 6.80. The van der Waals surface area contributed by atoms with Crippen LogP contribution in [-0.2, 0) is 9.84 Å². The minimum absolute atomic E-state index is 0.0104. The third kappa shape index (κ3) is 1.47. The highest BCUT2D eigenvalue weighted by Gasteiger charge is 2.55. The van der Waals surface area contributed by atoms with Crippen LogP contribution in [0.25, 0.3) is 0 Å². The van der Waals surface area contributed by atoms with E-state index in [4.69, 9.17) is 0 Å². The largest absolute Gasteiger partial charge is 0.385 e. The Morgan fingerprint density at radius 1 is 1.53 bits per heavy atom. The molecule has 1 fully saturated rings. The molecule has 2 rings (SSSR count). The van der Waals surface area contributed by atoms with Crippen LogP contribution in [-0.4, -0.2) is 24.4 Å². The van der Waals surface area contributed by atoms with Crippen molar-refractivity contribution in [3.63, 3.8) is 0 Å². The summed E-state index contributed by atoms with van der Waals surface area (Å²) in [7, 11) is -3.14. The van der Waals surface area contributed by atoms with E-state index in [9.17, 15) is 13.5 Å². The van der Waals surface area contributed by atoms with Crippen LogP contribution in [0.5, 0.6) is 0 Å². The van der Waals surface area contributed by atoms with E-state index in [0.29, 0.717) is 6.42 Å². The molecule has 84 valence electrons. The maximum atomic E-state index is 11.7. The first-order valence-electron chi connectivity index (χ1n) is 5.19. The summed E-state index contributed by atoms with van der Waals surface area (Å²) in [6, 6.07) is 0. The molecule has 1 aliphatic heterocycles. The van der Waals surface area contributed by atoms with Gasteiger partial charge >= 0.3 is 0 Å². The smallest absolute Gasteiger partial charge is 0.175 e. The number of rotatable bonds is 1. The van der Waals surface area contributed by atoms with Crippen LogP contribution in [0.15, 0.2) is 23.6 Å². The number of fused-ring (bicyclic) bond motifs is 1. The minimum atomic E-state index is -3.14. The number of hydrogen-bond acceptors (Lipinski definition) is 3. The van der Waals surface area contributed by atoms with Crippen molar-refractivity contribution in [2.45, 2.75) is 31.1 Å². The van der Waals surface area contributed by atoms with Gasteiger partial charge in [-0.2, -0.15) is 0 Å². The van der Waals surface area contributed by atoms with Gasteiger partial charge in [0.15, 0.2) is 9.84 Å². The molecule has 0 aromatic heterocycles. The molecule has 1 aliphatic carbocycles. The van der Waals surface area contributed by atoms with Crippen molar-refractivity contribution in [1.29, 1.82) is 0 Å². The lowest BCUT2D eigenvalue weighted by Crippen LogP contribution is -2.33. The summed E-state index contributed by atoms with van der Waals surface area (Å²) in [5.74, 6) is -0.259. The Labute approximate surface area is 90.4 Å². The van der Waals surface area contributed by atoms with Gasteiger partial charge in [0.05, 0.1) is 10.9 Å². The van der Waals surface area contributed by atoms with E-state index in [1.165, 1.54) is 5.41 Å². The van der Waals surface area contributed by atoms with Crippen molar-refractivity contribution >= 4 is 9.84 Å². The van der Waals surface area contributed by atoms with Crippen LogP contribution in [0.1, 0.15) is 20.3 Å². The summed E-state index contributed by atoms with van der Waals surface area (Å²) in [5.41, 5.74) is -0.973. The zero-order valence-corrected chi connectivity index (χ0v) is 9.74. The van der Waals surface area contributed by atoms with E-state index in [-0.39, 0.29) is 11.8 Å². The molecular formula is C11H16O3S. The Morgan fingerprint density at radius 3 is 2.80 bits per heavy atom. The van der Waals surface area contributed by atoms with Gasteiger partial charge in [0.2, 0.25) is 0 Å². The molecule has 0 aromatic rings. The normalized spacial score (nSPS) is 47.5. The van der Waals surface area contributed by atoms with Gasteiger partial charge in [0.25, 0.3) is 0 Å². The van der Waals surface area contributed by atoms with Crippen LogP contribution in [0.3, 0.4) is 0 Å². The summed E-state index contributed by atoms with van der Waals surface area (Å²) >= 11 is 0. The Balaban J connectivity index is 2.44. The van der Waals surface area contributed by atoms with Crippen LogP contribution >= 0.6 is 0 Å². The molecule has 1 saturated carbocycles. The SMILES string of the molecule is C/C=C/[C@@]1(O)C[C@@H](C)[C@H]2[C@@H]1C=CS2(=O)=O. The second-order valence-corrected chi connectivity index (χ2v) is 6.58. The first-order chi connectivity index (χ1) is 6.91. The van der Waals surface area contributed by atoms with Crippen LogP contribution in [0.4, 0.5) is 0 Å².